The molecule has 0 saturated carbocycles. The van der Waals surface area contributed by atoms with Gasteiger partial charge in [-0.05, 0) is 73.5 Å². The SMILES string of the molecule is COc1ccc(S(=O)(=O)N2CCCC(C(=O)Nc3ccc(S(=O)(=O)Nc4cc(OC)ccc4OC)cc3)C2)cc1. The van der Waals surface area contributed by atoms with E-state index in [4.69, 9.17) is 14.2 Å². The molecule has 13 heteroatoms. The number of ether oxygens (including phenoxy) is 3. The normalized spacial score (nSPS) is 16.1. The van der Waals surface area contributed by atoms with Crippen molar-refractivity contribution in [2.24, 2.45) is 5.92 Å². The third kappa shape index (κ3) is 6.49. The number of nitrogens with one attached hydrogen (secondary N) is 2. The van der Waals surface area contributed by atoms with Gasteiger partial charge in [0.05, 0.1) is 42.7 Å². The van der Waals surface area contributed by atoms with Gasteiger partial charge in [-0.25, -0.2) is 16.8 Å². The van der Waals surface area contributed by atoms with Crippen molar-refractivity contribution in [3.63, 3.8) is 0 Å². The van der Waals surface area contributed by atoms with E-state index in [9.17, 15) is 21.6 Å². The van der Waals surface area contributed by atoms with Crippen molar-refractivity contribution in [1.82, 2.24) is 4.31 Å². The van der Waals surface area contributed by atoms with Gasteiger partial charge in [-0.1, -0.05) is 0 Å². The second-order valence-corrected chi connectivity index (χ2v) is 12.7. The van der Waals surface area contributed by atoms with Gasteiger partial charge in [-0.3, -0.25) is 9.52 Å². The Hall–Kier alpha value is -3.81. The van der Waals surface area contributed by atoms with Gasteiger partial charge in [-0.2, -0.15) is 4.31 Å². The van der Waals surface area contributed by atoms with Gasteiger partial charge in [0.1, 0.15) is 17.2 Å². The maximum Gasteiger partial charge on any atom is 0.262 e. The highest BCUT2D eigenvalue weighted by molar-refractivity contribution is 7.92. The van der Waals surface area contributed by atoms with E-state index >= 15 is 0 Å². The van der Waals surface area contributed by atoms with E-state index in [1.54, 1.807) is 24.3 Å². The highest BCUT2D eigenvalue weighted by atomic mass is 32.2. The fourth-order valence-corrected chi connectivity index (χ4v) is 6.92. The summed E-state index contributed by atoms with van der Waals surface area (Å²) in [6.45, 7) is 0.356. The molecule has 40 heavy (non-hydrogen) atoms. The van der Waals surface area contributed by atoms with Gasteiger partial charge in [0.15, 0.2) is 0 Å². The summed E-state index contributed by atoms with van der Waals surface area (Å²) in [6, 6.07) is 16.5. The Balaban J connectivity index is 1.42. The van der Waals surface area contributed by atoms with Crippen LogP contribution >= 0.6 is 0 Å². The molecule has 1 heterocycles. The second kappa shape index (κ2) is 12.1. The third-order valence-electron chi connectivity index (χ3n) is 6.54. The lowest BCUT2D eigenvalue weighted by atomic mass is 9.99. The standard InChI is InChI=1S/C27H31N3O8S2/c1-36-21-8-13-24(14-9-21)40(34,35)30-16-4-5-19(18-30)27(31)28-20-6-11-23(12-7-20)39(32,33)29-25-17-22(37-2)10-15-26(25)38-3/h6-15,17,19,29H,4-5,16,18H2,1-3H3,(H,28,31). The van der Waals surface area contributed by atoms with Crippen LogP contribution in [-0.2, 0) is 24.8 Å². The Labute approximate surface area is 234 Å². The second-order valence-electron chi connectivity index (χ2n) is 9.06. The number of anilines is 2. The van der Waals surface area contributed by atoms with Crippen LogP contribution in [-0.4, -0.2) is 61.5 Å². The number of benzene rings is 3. The predicted octanol–water partition coefficient (Wildman–Crippen LogP) is 3.55. The average Bonchev–Trinajstić information content (AvgIpc) is 2.97. The summed E-state index contributed by atoms with van der Waals surface area (Å²) in [7, 11) is -3.35. The van der Waals surface area contributed by atoms with Crippen molar-refractivity contribution in [1.29, 1.82) is 0 Å². The summed E-state index contributed by atoms with van der Waals surface area (Å²) < 4.78 is 71.5. The van der Waals surface area contributed by atoms with E-state index in [0.29, 0.717) is 42.3 Å². The highest BCUT2D eigenvalue weighted by Gasteiger charge is 2.33. The first-order valence-electron chi connectivity index (χ1n) is 12.4. The molecule has 2 N–H and O–H groups in total. The smallest absolute Gasteiger partial charge is 0.262 e. The van der Waals surface area contributed by atoms with Crippen LogP contribution in [0.15, 0.2) is 76.5 Å². The van der Waals surface area contributed by atoms with E-state index in [1.807, 2.05) is 0 Å². The summed E-state index contributed by atoms with van der Waals surface area (Å²) in [5, 5.41) is 2.77. The van der Waals surface area contributed by atoms with Crippen LogP contribution in [0, 0.1) is 5.92 Å². The Morgan fingerprint density at radius 3 is 2.08 bits per heavy atom. The predicted molar refractivity (Wildman–Crippen MR) is 150 cm³/mol. The van der Waals surface area contributed by atoms with E-state index in [2.05, 4.69) is 10.0 Å². The van der Waals surface area contributed by atoms with Gasteiger partial charge < -0.3 is 19.5 Å². The molecule has 1 fully saturated rings. The molecule has 0 aliphatic carbocycles. The number of carbonyl (C=O) groups excluding carboxylic acids is 1. The Morgan fingerprint density at radius 2 is 1.45 bits per heavy atom. The fourth-order valence-electron chi connectivity index (χ4n) is 4.33. The number of hydrogen-bond donors (Lipinski definition) is 2. The lowest BCUT2D eigenvalue weighted by molar-refractivity contribution is -0.120. The summed E-state index contributed by atoms with van der Waals surface area (Å²) in [5.41, 5.74) is 0.601. The largest absolute Gasteiger partial charge is 0.497 e. The lowest BCUT2D eigenvalue weighted by Gasteiger charge is -2.31. The zero-order valence-corrected chi connectivity index (χ0v) is 23.9. The molecule has 0 aromatic heterocycles. The number of sulfonamides is 2. The topological polar surface area (TPSA) is 140 Å². The molecule has 1 aliphatic rings. The lowest BCUT2D eigenvalue weighted by Crippen LogP contribution is -2.43. The molecular formula is C27H31N3O8S2. The highest BCUT2D eigenvalue weighted by Crippen LogP contribution is 2.31. The molecule has 0 bridgehead atoms. The Morgan fingerprint density at radius 1 is 0.825 bits per heavy atom. The van der Waals surface area contributed by atoms with Crippen molar-refractivity contribution in [3.8, 4) is 17.2 Å². The molecule has 1 saturated heterocycles. The fraction of sp³-hybridized carbons (Fsp3) is 0.296. The first kappa shape index (κ1) is 29.2. The molecule has 0 radical (unpaired) electrons. The number of methoxy groups -OCH3 is 3. The first-order valence-corrected chi connectivity index (χ1v) is 15.3. The van der Waals surface area contributed by atoms with Crippen LogP contribution in [0.5, 0.6) is 17.2 Å². The maximum atomic E-state index is 13.1. The molecule has 1 amide bonds. The van der Waals surface area contributed by atoms with Crippen molar-refractivity contribution in [3.05, 3.63) is 66.7 Å². The minimum Gasteiger partial charge on any atom is -0.497 e. The van der Waals surface area contributed by atoms with Crippen molar-refractivity contribution >= 4 is 37.3 Å². The molecule has 4 rings (SSSR count). The monoisotopic (exact) mass is 589 g/mol. The number of carbonyl (C=O) groups is 1. The zero-order chi connectivity index (χ0) is 28.9. The van der Waals surface area contributed by atoms with Crippen LogP contribution < -0.4 is 24.2 Å². The van der Waals surface area contributed by atoms with Crippen molar-refractivity contribution < 1.29 is 35.8 Å². The number of rotatable bonds is 10. The minimum atomic E-state index is -3.97. The van der Waals surface area contributed by atoms with Gasteiger partial charge in [-0.15, -0.1) is 0 Å². The van der Waals surface area contributed by atoms with Crippen LogP contribution in [0.1, 0.15) is 12.8 Å². The molecule has 0 spiro atoms. The van der Waals surface area contributed by atoms with E-state index in [-0.39, 0.29) is 27.9 Å². The molecule has 1 atom stereocenters. The van der Waals surface area contributed by atoms with E-state index < -0.39 is 26.0 Å². The molecule has 3 aromatic rings. The number of amides is 1. The van der Waals surface area contributed by atoms with Gasteiger partial charge in [0, 0.05) is 24.8 Å². The van der Waals surface area contributed by atoms with E-state index in [1.165, 1.54) is 68.1 Å². The van der Waals surface area contributed by atoms with Crippen LogP contribution in [0.3, 0.4) is 0 Å². The average molecular weight is 590 g/mol. The summed E-state index contributed by atoms with van der Waals surface area (Å²) in [5.74, 6) is 0.416. The molecule has 11 nitrogen and oxygen atoms in total. The number of hydrogen-bond acceptors (Lipinski definition) is 8. The number of nitrogens with zero attached hydrogens (tertiary/aromatic N) is 1. The van der Waals surface area contributed by atoms with Crippen molar-refractivity contribution in [2.45, 2.75) is 22.6 Å². The summed E-state index contributed by atoms with van der Waals surface area (Å²) in [6.07, 6.45) is 1.06. The molecule has 3 aromatic carbocycles. The summed E-state index contributed by atoms with van der Waals surface area (Å²) in [4.78, 5) is 13.1. The summed E-state index contributed by atoms with van der Waals surface area (Å²) >= 11 is 0. The van der Waals surface area contributed by atoms with Crippen molar-refractivity contribution in [2.75, 3.05) is 44.5 Å². The first-order chi connectivity index (χ1) is 19.1. The van der Waals surface area contributed by atoms with Crippen LogP contribution in [0.4, 0.5) is 11.4 Å². The molecular weight excluding hydrogens is 558 g/mol. The van der Waals surface area contributed by atoms with Gasteiger partial charge >= 0.3 is 0 Å². The van der Waals surface area contributed by atoms with Gasteiger partial charge in [0.2, 0.25) is 15.9 Å². The third-order valence-corrected chi connectivity index (χ3v) is 9.80. The van der Waals surface area contributed by atoms with Crippen LogP contribution in [0.25, 0.3) is 0 Å². The maximum absolute atomic E-state index is 13.1. The molecule has 1 aliphatic heterocycles. The Bertz CT molecular complexity index is 1560. The van der Waals surface area contributed by atoms with E-state index in [0.717, 1.165) is 0 Å². The quantitative estimate of drug-likeness (QED) is 0.366. The Kier molecular flexibility index (Phi) is 8.86. The van der Waals surface area contributed by atoms with Gasteiger partial charge in [0.25, 0.3) is 10.0 Å². The molecule has 214 valence electrons. The van der Waals surface area contributed by atoms with Crippen LogP contribution in [0.2, 0.25) is 0 Å². The number of piperidine rings is 1. The molecule has 1 unspecified atom stereocenters. The zero-order valence-electron chi connectivity index (χ0n) is 22.3. The minimum absolute atomic E-state index is 0.0233.